The van der Waals surface area contributed by atoms with Crippen LogP contribution in [0.4, 0.5) is 0 Å². The molecular formula is C16H22N2O. The summed E-state index contributed by atoms with van der Waals surface area (Å²) >= 11 is 0. The topological polar surface area (TPSA) is 34.9 Å². The van der Waals surface area contributed by atoms with Crippen LogP contribution in [0.25, 0.3) is 11.0 Å². The second-order valence-corrected chi connectivity index (χ2v) is 5.91. The van der Waals surface area contributed by atoms with Gasteiger partial charge in [-0.05, 0) is 24.1 Å². The molecule has 0 saturated heterocycles. The Bertz CT molecular complexity index is 608. The van der Waals surface area contributed by atoms with E-state index >= 15 is 0 Å². The fourth-order valence-electron chi connectivity index (χ4n) is 2.40. The van der Waals surface area contributed by atoms with Gasteiger partial charge in [-0.2, -0.15) is 0 Å². The molecule has 0 fully saturated rings. The largest absolute Gasteiger partial charge is 0.331 e. The summed E-state index contributed by atoms with van der Waals surface area (Å²) in [6.45, 7) is 8.39. The zero-order valence-electron chi connectivity index (χ0n) is 12.4. The lowest BCUT2D eigenvalue weighted by Gasteiger charge is -2.05. The predicted molar refractivity (Wildman–Crippen MR) is 78.6 cm³/mol. The van der Waals surface area contributed by atoms with Crippen molar-refractivity contribution in [2.24, 2.45) is 13.0 Å². The van der Waals surface area contributed by atoms with Crippen LogP contribution in [0.5, 0.6) is 0 Å². The van der Waals surface area contributed by atoms with E-state index in [0.717, 1.165) is 22.4 Å². The Hall–Kier alpha value is -1.64. The minimum atomic E-state index is 0.202. The third-order valence-corrected chi connectivity index (χ3v) is 3.35. The summed E-state index contributed by atoms with van der Waals surface area (Å²) in [5.74, 6) is 2.03. The van der Waals surface area contributed by atoms with Crippen LogP contribution in [0, 0.1) is 5.92 Å². The average molecular weight is 258 g/mol. The first kappa shape index (κ1) is 13.8. The number of carbonyl (C=O) groups is 1. The van der Waals surface area contributed by atoms with Gasteiger partial charge in [0.2, 0.25) is 0 Å². The molecule has 0 spiro atoms. The molecule has 0 N–H and O–H groups in total. The minimum Gasteiger partial charge on any atom is -0.331 e. The quantitative estimate of drug-likeness (QED) is 0.779. The van der Waals surface area contributed by atoms with Crippen molar-refractivity contribution < 1.29 is 4.79 Å². The number of ketones is 1. The summed E-state index contributed by atoms with van der Waals surface area (Å²) in [4.78, 5) is 16.7. The van der Waals surface area contributed by atoms with E-state index in [1.165, 1.54) is 0 Å². The van der Waals surface area contributed by atoms with Gasteiger partial charge in [-0.3, -0.25) is 4.79 Å². The molecule has 3 heteroatoms. The van der Waals surface area contributed by atoms with Crippen molar-refractivity contribution in [1.29, 1.82) is 0 Å². The summed E-state index contributed by atoms with van der Waals surface area (Å²) in [6.07, 6.45) is 0.593. The number of imidazole rings is 1. The maximum atomic E-state index is 12.1. The third-order valence-electron chi connectivity index (χ3n) is 3.35. The van der Waals surface area contributed by atoms with E-state index < -0.39 is 0 Å². The molecule has 3 nitrogen and oxygen atoms in total. The van der Waals surface area contributed by atoms with E-state index in [9.17, 15) is 4.79 Å². The van der Waals surface area contributed by atoms with Gasteiger partial charge in [-0.15, -0.1) is 0 Å². The molecule has 0 atom stereocenters. The zero-order chi connectivity index (χ0) is 14.2. The van der Waals surface area contributed by atoms with Gasteiger partial charge in [-0.1, -0.05) is 27.7 Å². The molecule has 0 bridgehead atoms. The zero-order valence-corrected chi connectivity index (χ0v) is 12.4. The van der Waals surface area contributed by atoms with E-state index in [1.807, 2.05) is 25.2 Å². The average Bonchev–Trinajstić information content (AvgIpc) is 2.65. The maximum Gasteiger partial charge on any atom is 0.163 e. The molecule has 1 heterocycles. The monoisotopic (exact) mass is 258 g/mol. The number of hydrogen-bond acceptors (Lipinski definition) is 2. The van der Waals surface area contributed by atoms with Crippen molar-refractivity contribution in [2.75, 3.05) is 0 Å². The van der Waals surface area contributed by atoms with E-state index in [0.29, 0.717) is 18.3 Å². The van der Waals surface area contributed by atoms with Gasteiger partial charge in [-0.25, -0.2) is 4.98 Å². The number of rotatable bonds is 4. The first-order valence-corrected chi connectivity index (χ1v) is 6.89. The Balaban J connectivity index is 2.44. The van der Waals surface area contributed by atoms with Crippen LogP contribution in [0.3, 0.4) is 0 Å². The van der Waals surface area contributed by atoms with Gasteiger partial charge in [0.15, 0.2) is 5.78 Å². The van der Waals surface area contributed by atoms with Crippen LogP contribution in [0.2, 0.25) is 0 Å². The summed E-state index contributed by atoms with van der Waals surface area (Å²) in [7, 11) is 2.03. The molecule has 0 aliphatic carbocycles. The van der Waals surface area contributed by atoms with Crippen molar-refractivity contribution in [3.05, 3.63) is 29.6 Å². The third kappa shape index (κ3) is 2.70. The molecule has 1 aromatic carbocycles. The second-order valence-electron chi connectivity index (χ2n) is 5.91. The number of nitrogens with zero attached hydrogens (tertiary/aromatic N) is 2. The van der Waals surface area contributed by atoms with Gasteiger partial charge in [0, 0.05) is 24.9 Å². The van der Waals surface area contributed by atoms with Crippen LogP contribution in [0.1, 0.15) is 56.2 Å². The molecule has 0 unspecified atom stereocenters. The Labute approximate surface area is 114 Å². The standard InChI is InChI=1S/C16H22N2O/c1-10(2)8-15(19)12-6-7-14-13(9-12)17-16(11(3)4)18(14)5/h6-7,9-11H,8H2,1-5H3. The SMILES string of the molecule is CC(C)CC(=O)c1ccc2c(c1)nc(C(C)C)n2C. The van der Waals surface area contributed by atoms with Crippen LogP contribution >= 0.6 is 0 Å². The maximum absolute atomic E-state index is 12.1. The van der Waals surface area contributed by atoms with Gasteiger partial charge >= 0.3 is 0 Å². The van der Waals surface area contributed by atoms with Crippen LogP contribution in [-0.4, -0.2) is 15.3 Å². The predicted octanol–water partition coefficient (Wildman–Crippen LogP) is 3.93. The number of carbonyl (C=O) groups excluding carboxylic acids is 1. The first-order chi connectivity index (χ1) is 8.90. The molecule has 0 aliphatic heterocycles. The highest BCUT2D eigenvalue weighted by molar-refractivity contribution is 5.99. The molecule has 0 radical (unpaired) electrons. The number of aryl methyl sites for hydroxylation is 1. The molecule has 0 amide bonds. The highest BCUT2D eigenvalue weighted by Crippen LogP contribution is 2.22. The molecule has 19 heavy (non-hydrogen) atoms. The Morgan fingerprint density at radius 1 is 1.26 bits per heavy atom. The van der Waals surface area contributed by atoms with Gasteiger partial charge in [0.05, 0.1) is 11.0 Å². The van der Waals surface area contributed by atoms with E-state index in [4.69, 9.17) is 0 Å². The summed E-state index contributed by atoms with van der Waals surface area (Å²) in [6, 6.07) is 5.84. The van der Waals surface area contributed by atoms with Crippen molar-refractivity contribution in [2.45, 2.75) is 40.0 Å². The fourth-order valence-corrected chi connectivity index (χ4v) is 2.40. The minimum absolute atomic E-state index is 0.202. The van der Waals surface area contributed by atoms with Crippen LogP contribution in [-0.2, 0) is 7.05 Å². The molecule has 2 rings (SSSR count). The van der Waals surface area contributed by atoms with Crippen LogP contribution < -0.4 is 0 Å². The fraction of sp³-hybridized carbons (Fsp3) is 0.500. The van der Waals surface area contributed by atoms with Crippen molar-refractivity contribution in [3.8, 4) is 0 Å². The molecule has 1 aromatic heterocycles. The Kier molecular flexibility index (Phi) is 3.74. The van der Waals surface area contributed by atoms with E-state index in [-0.39, 0.29) is 5.78 Å². The molecule has 102 valence electrons. The lowest BCUT2D eigenvalue weighted by molar-refractivity contribution is 0.0968. The van der Waals surface area contributed by atoms with E-state index in [1.54, 1.807) is 0 Å². The number of aromatic nitrogens is 2. The second kappa shape index (κ2) is 5.16. The molecule has 2 aromatic rings. The van der Waals surface area contributed by atoms with Crippen LogP contribution in [0.15, 0.2) is 18.2 Å². The first-order valence-electron chi connectivity index (χ1n) is 6.89. The summed E-state index contributed by atoms with van der Waals surface area (Å²) < 4.78 is 2.11. The molecule has 0 aliphatic rings. The number of benzene rings is 1. The number of hydrogen-bond donors (Lipinski definition) is 0. The number of fused-ring (bicyclic) bond motifs is 1. The van der Waals surface area contributed by atoms with Gasteiger partial charge < -0.3 is 4.57 Å². The lowest BCUT2D eigenvalue weighted by Crippen LogP contribution is -2.03. The van der Waals surface area contributed by atoms with Crippen molar-refractivity contribution in [1.82, 2.24) is 9.55 Å². The lowest BCUT2D eigenvalue weighted by atomic mass is 10.0. The number of Topliss-reactive ketones (excluding diaryl/α,β-unsaturated/α-hetero) is 1. The smallest absolute Gasteiger partial charge is 0.163 e. The van der Waals surface area contributed by atoms with Crippen molar-refractivity contribution >= 4 is 16.8 Å². The normalized spacial score (nSPS) is 11.7. The highest BCUT2D eigenvalue weighted by Gasteiger charge is 2.14. The van der Waals surface area contributed by atoms with E-state index in [2.05, 4.69) is 37.2 Å². The molecule has 0 saturated carbocycles. The highest BCUT2D eigenvalue weighted by atomic mass is 16.1. The summed E-state index contributed by atoms with van der Waals surface area (Å²) in [5, 5.41) is 0. The Morgan fingerprint density at radius 3 is 2.53 bits per heavy atom. The van der Waals surface area contributed by atoms with Gasteiger partial charge in [0.25, 0.3) is 0 Å². The molecular weight excluding hydrogens is 236 g/mol. The van der Waals surface area contributed by atoms with Crippen molar-refractivity contribution in [3.63, 3.8) is 0 Å². The summed E-state index contributed by atoms with van der Waals surface area (Å²) in [5.41, 5.74) is 2.78. The Morgan fingerprint density at radius 2 is 1.95 bits per heavy atom. The van der Waals surface area contributed by atoms with Gasteiger partial charge in [0.1, 0.15) is 5.82 Å².